The van der Waals surface area contributed by atoms with Crippen molar-refractivity contribution in [2.45, 2.75) is 75.8 Å². The molecule has 25 heteroatoms. The molecule has 5 amide bonds. The third-order valence-corrected chi connectivity index (χ3v) is 8.74. The predicted octanol–water partition coefficient (Wildman–Crippen LogP) is -2.94. The minimum Gasteiger partial charge on any atom is -0.481 e. The van der Waals surface area contributed by atoms with Crippen molar-refractivity contribution < 1.29 is 53.7 Å². The number of fused-ring (bicyclic) bond motifs is 1. The largest absolute Gasteiger partial charge is 0.481 e. The molecule has 0 unspecified atom stereocenters. The van der Waals surface area contributed by atoms with Crippen LogP contribution in [0.1, 0.15) is 55.1 Å². The summed E-state index contributed by atoms with van der Waals surface area (Å²) in [4.78, 5) is 124. The molecule has 3 aromatic rings. The first-order valence-electron chi connectivity index (χ1n) is 17.7. The van der Waals surface area contributed by atoms with Gasteiger partial charge in [0.15, 0.2) is 11.2 Å². The predicted molar refractivity (Wildman–Crippen MR) is 210 cm³/mol. The van der Waals surface area contributed by atoms with Gasteiger partial charge in [0.25, 0.3) is 11.5 Å². The fraction of sp³-hybridized carbons (Fsp3) is 0.412. The van der Waals surface area contributed by atoms with Crippen LogP contribution in [0.4, 0.5) is 11.6 Å². The number of thiol groups is 1. The average molecular weight is 845 g/mol. The van der Waals surface area contributed by atoms with E-state index in [1.807, 2.05) is 0 Å². The molecule has 0 aliphatic carbocycles. The first kappa shape index (κ1) is 46.5. The van der Waals surface area contributed by atoms with Crippen LogP contribution >= 0.6 is 12.6 Å². The van der Waals surface area contributed by atoms with E-state index >= 15 is 0 Å². The van der Waals surface area contributed by atoms with Crippen molar-refractivity contribution in [1.29, 1.82) is 0 Å². The Labute approximate surface area is 339 Å². The number of amides is 5. The number of nitrogens with two attached hydrogens (primary N) is 2. The minimum absolute atomic E-state index is 0.00109. The number of carbonyl (C=O) groups is 8. The maximum Gasteiger partial charge on any atom is 0.326 e. The lowest BCUT2D eigenvalue weighted by molar-refractivity contribution is -0.143. The molecular formula is C34H44N12O12S. The fourth-order valence-electron chi connectivity index (χ4n) is 5.02. The van der Waals surface area contributed by atoms with E-state index in [0.717, 1.165) is 0 Å². The highest BCUT2D eigenvalue weighted by Gasteiger charge is 2.28. The smallest absolute Gasteiger partial charge is 0.326 e. The van der Waals surface area contributed by atoms with Crippen LogP contribution in [0.25, 0.3) is 11.2 Å². The standard InChI is InChI=1S/C34H44N12O12S/c1-15(14-59)40-30(53)22(10-25(49)50)44-29(52)19(35)13-38-23(47)8-6-20(32(55)56)42-24(48)9-7-21(33(57)58)43-28(51)16-2-4-17(5-3-16)37-11-18-12-39-27-26(41-18)31(54)46-34(36)45-27/h2-5,12,15,19-22,37,59H,6-11,13-14,35H2,1H3,(H,38,47)(H,40,53)(H,42,48)(H,43,51)(H,44,52)(H,49,50)(H,55,56)(H,57,58)(H3,36,39,45,46,54)/t15-,19+,20-,21+,22+/m1/s1. The van der Waals surface area contributed by atoms with Crippen molar-refractivity contribution in [3.8, 4) is 0 Å². The number of nitrogen functional groups attached to an aromatic ring is 1. The van der Waals surface area contributed by atoms with Gasteiger partial charge >= 0.3 is 17.9 Å². The monoisotopic (exact) mass is 844 g/mol. The van der Waals surface area contributed by atoms with Gasteiger partial charge in [-0.25, -0.2) is 19.6 Å². The van der Waals surface area contributed by atoms with Gasteiger partial charge in [-0.2, -0.15) is 17.6 Å². The van der Waals surface area contributed by atoms with E-state index in [-0.39, 0.29) is 35.0 Å². The number of nitrogens with zero attached hydrogens (tertiary/aromatic N) is 3. The van der Waals surface area contributed by atoms with Gasteiger partial charge in [-0.3, -0.25) is 38.5 Å². The van der Waals surface area contributed by atoms with Crippen LogP contribution in [-0.4, -0.2) is 125 Å². The van der Waals surface area contributed by atoms with Crippen LogP contribution in [0.2, 0.25) is 0 Å². The first-order chi connectivity index (χ1) is 27.9. The molecule has 14 N–H and O–H groups in total. The molecule has 1 aromatic carbocycles. The van der Waals surface area contributed by atoms with Crippen LogP contribution in [0.15, 0.2) is 35.3 Å². The lowest BCUT2D eigenvalue weighted by Crippen LogP contribution is -2.56. The Morgan fingerprint density at radius 3 is 2.07 bits per heavy atom. The normalized spacial score (nSPS) is 13.4. The number of benzene rings is 1. The van der Waals surface area contributed by atoms with Gasteiger partial charge in [0.1, 0.15) is 24.2 Å². The number of hydrogen-bond acceptors (Lipinski definition) is 16. The number of aliphatic carboxylic acids is 3. The van der Waals surface area contributed by atoms with Gasteiger partial charge in [-0.05, 0) is 44.0 Å². The molecule has 2 aromatic heterocycles. The minimum atomic E-state index is -1.57. The molecule has 0 saturated heterocycles. The summed E-state index contributed by atoms with van der Waals surface area (Å²) in [6.45, 7) is 1.29. The molecule has 0 fully saturated rings. The van der Waals surface area contributed by atoms with E-state index in [4.69, 9.17) is 16.6 Å². The lowest BCUT2D eigenvalue weighted by Gasteiger charge is -2.21. The molecule has 59 heavy (non-hydrogen) atoms. The highest BCUT2D eigenvalue weighted by molar-refractivity contribution is 7.80. The number of hydrogen-bond donors (Lipinski definition) is 13. The second-order valence-corrected chi connectivity index (χ2v) is 13.3. The van der Waals surface area contributed by atoms with Crippen molar-refractivity contribution in [2.24, 2.45) is 5.73 Å². The Morgan fingerprint density at radius 1 is 0.831 bits per heavy atom. The maximum atomic E-state index is 12.8. The van der Waals surface area contributed by atoms with E-state index < -0.39 is 122 Å². The fourth-order valence-corrected chi connectivity index (χ4v) is 5.11. The zero-order valence-corrected chi connectivity index (χ0v) is 32.3. The van der Waals surface area contributed by atoms with Gasteiger partial charge in [0.05, 0.1) is 24.9 Å². The van der Waals surface area contributed by atoms with Crippen LogP contribution in [0.5, 0.6) is 0 Å². The van der Waals surface area contributed by atoms with Crippen molar-refractivity contribution in [2.75, 3.05) is 23.3 Å². The quantitative estimate of drug-likeness (QED) is 0.0425. The number of nitrogens with one attached hydrogen (secondary N) is 7. The molecule has 24 nitrogen and oxygen atoms in total. The number of anilines is 2. The second-order valence-electron chi connectivity index (χ2n) is 13.0. The van der Waals surface area contributed by atoms with Crippen molar-refractivity contribution in [3.05, 3.63) is 52.1 Å². The van der Waals surface area contributed by atoms with Gasteiger partial charge in [-0.1, -0.05) is 0 Å². The third-order valence-electron chi connectivity index (χ3n) is 8.19. The number of aromatic amines is 1. The van der Waals surface area contributed by atoms with E-state index in [0.29, 0.717) is 11.4 Å². The average Bonchev–Trinajstić information content (AvgIpc) is 3.18. The van der Waals surface area contributed by atoms with Crippen LogP contribution in [0, 0.1) is 0 Å². The molecule has 2 heterocycles. The Morgan fingerprint density at radius 2 is 1.46 bits per heavy atom. The Bertz CT molecular complexity index is 2100. The van der Waals surface area contributed by atoms with Gasteiger partial charge in [0.2, 0.25) is 29.6 Å². The van der Waals surface area contributed by atoms with E-state index in [1.54, 1.807) is 6.92 Å². The maximum absolute atomic E-state index is 12.8. The molecule has 0 spiro atoms. The van der Waals surface area contributed by atoms with Crippen molar-refractivity contribution >= 4 is 82.9 Å². The first-order valence-corrected chi connectivity index (χ1v) is 18.4. The van der Waals surface area contributed by atoms with Crippen LogP contribution in [0.3, 0.4) is 0 Å². The molecule has 5 atom stereocenters. The molecule has 0 saturated carbocycles. The number of aromatic nitrogens is 4. The van der Waals surface area contributed by atoms with Gasteiger partial charge in [0, 0.05) is 42.4 Å². The van der Waals surface area contributed by atoms with E-state index in [1.165, 1.54) is 30.5 Å². The SMILES string of the molecule is C[C@H](CS)NC(=O)[C@H](CC(=O)O)NC(=O)[C@@H](N)CNC(=O)CC[C@@H](NC(=O)CC[C@H](NC(=O)c1ccc(NCc2cnc3nc(N)[nH]c(=O)c3n2)cc1)C(=O)O)C(=O)O. The highest BCUT2D eigenvalue weighted by Crippen LogP contribution is 2.13. The topological polar surface area (TPSA) is 393 Å². The number of carbonyl (C=O) groups excluding carboxylic acids is 5. The number of rotatable bonds is 23. The molecular weight excluding hydrogens is 801 g/mol. The second kappa shape index (κ2) is 22.2. The Kier molecular flexibility index (Phi) is 17.5. The Balaban J connectivity index is 1.44. The summed E-state index contributed by atoms with van der Waals surface area (Å²) in [6.07, 6.45) is -1.13. The molecule has 0 aliphatic rings. The lowest BCUT2D eigenvalue weighted by atomic mass is 10.1. The molecule has 3 rings (SSSR count). The number of carboxylic acid groups (broad SMARTS) is 3. The van der Waals surface area contributed by atoms with Crippen molar-refractivity contribution in [1.82, 2.24) is 46.5 Å². The zero-order valence-electron chi connectivity index (χ0n) is 31.4. The summed E-state index contributed by atoms with van der Waals surface area (Å²) in [5, 5.41) is 42.9. The molecule has 0 radical (unpaired) electrons. The zero-order chi connectivity index (χ0) is 43.8. The number of carboxylic acids is 3. The number of H-pyrrole nitrogens is 1. The van der Waals surface area contributed by atoms with Crippen molar-refractivity contribution in [3.63, 3.8) is 0 Å². The summed E-state index contributed by atoms with van der Waals surface area (Å²) < 4.78 is 0. The van der Waals surface area contributed by atoms with Gasteiger partial charge in [-0.15, -0.1) is 0 Å². The molecule has 0 bridgehead atoms. The summed E-state index contributed by atoms with van der Waals surface area (Å²) >= 11 is 4.02. The Hall–Kier alpha value is -6.89. The summed E-state index contributed by atoms with van der Waals surface area (Å²) in [6, 6.07) is -0.525. The van der Waals surface area contributed by atoms with Crippen LogP contribution in [-0.2, 0) is 40.1 Å². The summed E-state index contributed by atoms with van der Waals surface area (Å²) in [7, 11) is 0. The molecule has 318 valence electrons. The molecule has 0 aliphatic heterocycles. The summed E-state index contributed by atoms with van der Waals surface area (Å²) in [5.41, 5.74) is 11.9. The van der Waals surface area contributed by atoms with E-state index in [2.05, 4.69) is 64.5 Å². The highest BCUT2D eigenvalue weighted by atomic mass is 32.1. The van der Waals surface area contributed by atoms with Crippen LogP contribution < -0.4 is 48.9 Å². The summed E-state index contributed by atoms with van der Waals surface area (Å²) in [5.74, 6) is -8.31. The third kappa shape index (κ3) is 15.2. The van der Waals surface area contributed by atoms with E-state index in [9.17, 15) is 53.4 Å². The van der Waals surface area contributed by atoms with Gasteiger partial charge < -0.3 is 58.7 Å².